The number of fused-ring (bicyclic) bond motifs is 1. The number of nitrogens with zero attached hydrogens (tertiary/aromatic N) is 1. The highest BCUT2D eigenvalue weighted by Gasteiger charge is 2.23. The fraction of sp³-hybridized carbons (Fsp3) is 0.167. The Morgan fingerprint density at radius 2 is 1.90 bits per heavy atom. The predicted octanol–water partition coefficient (Wildman–Crippen LogP) is 5.83. The van der Waals surface area contributed by atoms with Crippen molar-refractivity contribution in [1.29, 1.82) is 5.26 Å². The summed E-state index contributed by atoms with van der Waals surface area (Å²) in [5.74, 6) is 0.226. The van der Waals surface area contributed by atoms with Crippen LogP contribution in [-0.2, 0) is 0 Å². The summed E-state index contributed by atoms with van der Waals surface area (Å²) >= 11 is 12.2. The molecule has 0 saturated heterocycles. The van der Waals surface area contributed by atoms with Crippen molar-refractivity contribution in [2.75, 3.05) is 0 Å². The molecule has 0 aromatic heterocycles. The molecule has 0 saturated carbocycles. The monoisotopic (exact) mass is 313 g/mol. The molecule has 1 nitrogen and oxygen atoms in total. The minimum absolute atomic E-state index is 0.226. The molecule has 0 aliphatic heterocycles. The lowest BCUT2D eigenvalue weighted by Crippen LogP contribution is -2.09. The van der Waals surface area contributed by atoms with Gasteiger partial charge in [0.25, 0.3) is 0 Å². The van der Waals surface area contributed by atoms with Crippen LogP contribution in [0.3, 0.4) is 0 Å². The highest BCUT2D eigenvalue weighted by atomic mass is 35.5. The Bertz CT molecular complexity index is 756. The van der Waals surface area contributed by atoms with Gasteiger partial charge in [-0.15, -0.1) is 0 Å². The zero-order valence-electron chi connectivity index (χ0n) is 11.3. The van der Waals surface area contributed by atoms with Gasteiger partial charge in [0.1, 0.15) is 0 Å². The molecule has 0 amide bonds. The van der Waals surface area contributed by atoms with Crippen molar-refractivity contribution in [3.05, 3.63) is 74.8 Å². The molecule has 0 spiro atoms. The lowest BCUT2D eigenvalue weighted by molar-refractivity contribution is 0.773. The van der Waals surface area contributed by atoms with Gasteiger partial charge in [-0.3, -0.25) is 0 Å². The lowest BCUT2D eigenvalue weighted by atomic mass is 9.78. The van der Waals surface area contributed by atoms with E-state index in [1.54, 1.807) is 0 Å². The number of hydrogen-bond donors (Lipinski definition) is 0. The number of allylic oxidation sites excluding steroid dienone is 1. The van der Waals surface area contributed by atoms with Gasteiger partial charge in [0.2, 0.25) is 0 Å². The van der Waals surface area contributed by atoms with Crippen LogP contribution in [-0.4, -0.2) is 0 Å². The molecule has 104 valence electrons. The van der Waals surface area contributed by atoms with Gasteiger partial charge in [-0.2, -0.15) is 5.26 Å². The number of rotatable bonds is 2. The zero-order valence-corrected chi connectivity index (χ0v) is 12.8. The van der Waals surface area contributed by atoms with Crippen LogP contribution in [0.1, 0.15) is 35.4 Å². The van der Waals surface area contributed by atoms with E-state index in [9.17, 15) is 0 Å². The predicted molar refractivity (Wildman–Crippen MR) is 87.6 cm³/mol. The molecule has 2 aromatic rings. The summed E-state index contributed by atoms with van der Waals surface area (Å²) in [6.45, 7) is 0. The van der Waals surface area contributed by atoms with Crippen molar-refractivity contribution < 1.29 is 0 Å². The third-order valence-electron chi connectivity index (χ3n) is 3.85. The third-order valence-corrected chi connectivity index (χ3v) is 4.59. The van der Waals surface area contributed by atoms with Gasteiger partial charge in [0, 0.05) is 5.92 Å². The van der Waals surface area contributed by atoms with Crippen molar-refractivity contribution in [3.63, 3.8) is 0 Å². The maximum Gasteiger partial charge on any atom is 0.0666 e. The van der Waals surface area contributed by atoms with Crippen molar-refractivity contribution in [1.82, 2.24) is 0 Å². The van der Waals surface area contributed by atoms with Gasteiger partial charge in [-0.1, -0.05) is 65.2 Å². The molecule has 21 heavy (non-hydrogen) atoms. The Morgan fingerprint density at radius 1 is 1.10 bits per heavy atom. The molecule has 2 aromatic carbocycles. The Balaban J connectivity index is 2.08. The Morgan fingerprint density at radius 3 is 2.67 bits per heavy atom. The number of hydrogen-bond acceptors (Lipinski definition) is 1. The molecule has 3 heteroatoms. The number of nitriles is 1. The normalized spacial score (nSPS) is 16.8. The van der Waals surface area contributed by atoms with E-state index in [0.717, 1.165) is 17.6 Å². The van der Waals surface area contributed by atoms with Gasteiger partial charge in [-0.05, 0) is 35.2 Å². The molecule has 1 atom stereocenters. The van der Waals surface area contributed by atoms with E-state index in [-0.39, 0.29) is 5.92 Å². The van der Waals surface area contributed by atoms with Gasteiger partial charge in [-0.25, -0.2) is 0 Å². The fourth-order valence-corrected chi connectivity index (χ4v) is 3.17. The fourth-order valence-electron chi connectivity index (χ4n) is 2.86. The quantitative estimate of drug-likeness (QED) is 0.684. The average Bonchev–Trinajstić information content (AvgIpc) is 2.50. The van der Waals surface area contributed by atoms with Crippen LogP contribution >= 0.6 is 23.2 Å². The lowest BCUT2D eigenvalue weighted by Gasteiger charge is -2.25. The van der Waals surface area contributed by atoms with Crippen LogP contribution in [0.2, 0.25) is 10.0 Å². The van der Waals surface area contributed by atoms with Crippen LogP contribution in [0.25, 0.3) is 6.08 Å². The van der Waals surface area contributed by atoms with Gasteiger partial charge < -0.3 is 0 Å². The van der Waals surface area contributed by atoms with Crippen LogP contribution in [0, 0.1) is 11.3 Å². The number of halogens is 2. The summed E-state index contributed by atoms with van der Waals surface area (Å²) in [5, 5.41) is 10.1. The average molecular weight is 314 g/mol. The molecular weight excluding hydrogens is 301 g/mol. The molecule has 0 N–H and O–H groups in total. The molecule has 0 radical (unpaired) electrons. The number of benzene rings is 2. The Labute approximate surface area is 134 Å². The smallest absolute Gasteiger partial charge is 0.0666 e. The second kappa shape index (κ2) is 5.93. The van der Waals surface area contributed by atoms with Crippen molar-refractivity contribution >= 4 is 29.3 Å². The second-order valence-electron chi connectivity index (χ2n) is 5.20. The van der Waals surface area contributed by atoms with Crippen LogP contribution in [0.15, 0.2) is 48.0 Å². The molecule has 1 aliphatic rings. The van der Waals surface area contributed by atoms with Crippen LogP contribution in [0.4, 0.5) is 0 Å². The summed E-state index contributed by atoms with van der Waals surface area (Å²) in [6, 6.07) is 16.3. The first kappa shape index (κ1) is 14.2. The maximum atomic E-state index is 8.97. The van der Waals surface area contributed by atoms with Crippen molar-refractivity contribution in [2.24, 2.45) is 0 Å². The highest BCUT2D eigenvalue weighted by Crippen LogP contribution is 2.40. The zero-order chi connectivity index (χ0) is 14.8. The van der Waals surface area contributed by atoms with Gasteiger partial charge >= 0.3 is 0 Å². The third kappa shape index (κ3) is 2.83. The summed E-state index contributed by atoms with van der Waals surface area (Å²) in [7, 11) is 0. The van der Waals surface area contributed by atoms with E-state index >= 15 is 0 Å². The minimum Gasteiger partial charge on any atom is -0.198 e. The molecule has 1 aliphatic carbocycles. The molecule has 0 bridgehead atoms. The van der Waals surface area contributed by atoms with Crippen molar-refractivity contribution in [2.45, 2.75) is 18.8 Å². The second-order valence-corrected chi connectivity index (χ2v) is 6.01. The summed E-state index contributed by atoms with van der Waals surface area (Å²) in [6.07, 6.45) is 3.45. The minimum atomic E-state index is 0.226. The topological polar surface area (TPSA) is 23.8 Å². The molecule has 0 fully saturated rings. The standard InChI is InChI=1S/C18H13Cl2N/c19-17-6-5-14(11-18(17)20)16-10-12(7-8-21)9-13-3-1-2-4-15(13)16/h1-6,9,11,16H,7,10H2. The molecule has 1 unspecified atom stereocenters. The molecular formula is C18H13Cl2N. The van der Waals surface area contributed by atoms with E-state index in [2.05, 4.69) is 24.3 Å². The van der Waals surface area contributed by atoms with Gasteiger partial charge in [0.15, 0.2) is 0 Å². The maximum absolute atomic E-state index is 8.97. The van der Waals surface area contributed by atoms with Crippen molar-refractivity contribution in [3.8, 4) is 6.07 Å². The first-order chi connectivity index (χ1) is 10.2. The highest BCUT2D eigenvalue weighted by molar-refractivity contribution is 6.42. The van der Waals surface area contributed by atoms with E-state index < -0.39 is 0 Å². The Hall–Kier alpha value is -1.75. The summed E-state index contributed by atoms with van der Waals surface area (Å²) < 4.78 is 0. The largest absolute Gasteiger partial charge is 0.198 e. The molecule has 3 rings (SSSR count). The Kier molecular flexibility index (Phi) is 4.01. The molecule has 0 heterocycles. The van der Waals surface area contributed by atoms with E-state index in [1.807, 2.05) is 30.3 Å². The van der Waals surface area contributed by atoms with Crippen LogP contribution < -0.4 is 0 Å². The first-order valence-corrected chi connectivity index (χ1v) is 7.55. The van der Waals surface area contributed by atoms with E-state index in [4.69, 9.17) is 28.5 Å². The van der Waals surface area contributed by atoms with E-state index in [0.29, 0.717) is 16.5 Å². The first-order valence-electron chi connectivity index (χ1n) is 6.79. The van der Waals surface area contributed by atoms with Crippen LogP contribution in [0.5, 0.6) is 0 Å². The SMILES string of the molecule is N#CCC1=Cc2ccccc2C(c2ccc(Cl)c(Cl)c2)C1. The van der Waals surface area contributed by atoms with Gasteiger partial charge in [0.05, 0.1) is 22.5 Å². The summed E-state index contributed by atoms with van der Waals surface area (Å²) in [4.78, 5) is 0. The summed E-state index contributed by atoms with van der Waals surface area (Å²) in [5.41, 5.74) is 4.76. The van der Waals surface area contributed by atoms with E-state index in [1.165, 1.54) is 11.1 Å².